The van der Waals surface area contributed by atoms with Crippen molar-refractivity contribution >= 4 is 5.82 Å². The first-order valence-electron chi connectivity index (χ1n) is 14.2. The van der Waals surface area contributed by atoms with E-state index in [0.717, 1.165) is 6.42 Å². The molecule has 1 unspecified atom stereocenters. The van der Waals surface area contributed by atoms with E-state index in [4.69, 9.17) is 19.9 Å². The van der Waals surface area contributed by atoms with Crippen LogP contribution >= 0.6 is 0 Å². The first kappa shape index (κ1) is 29.8. The molecule has 2 N–H and O–H groups in total. The molecule has 2 rings (SSSR count). The van der Waals surface area contributed by atoms with E-state index in [0.29, 0.717) is 19.6 Å². The molecule has 1 aliphatic rings. The Kier molecular flexibility index (Phi) is 15.2. The molecule has 1 aromatic rings. The molecule has 0 aliphatic carbocycles. The second kappa shape index (κ2) is 17.9. The molecule has 1 aliphatic heterocycles. The van der Waals surface area contributed by atoms with Gasteiger partial charge in [-0.3, -0.25) is 4.57 Å². The van der Waals surface area contributed by atoms with E-state index in [1.165, 1.54) is 88.0 Å². The molecule has 1 fully saturated rings. The number of anilines is 1. The molecule has 0 amide bonds. The summed E-state index contributed by atoms with van der Waals surface area (Å²) >= 11 is 0. The summed E-state index contributed by atoms with van der Waals surface area (Å²) in [5.41, 5.74) is 5.24. The number of hydrogen-bond acceptors (Lipinski definition) is 6. The van der Waals surface area contributed by atoms with Gasteiger partial charge < -0.3 is 19.9 Å². The maximum atomic E-state index is 12.4. The molecule has 7 heteroatoms. The van der Waals surface area contributed by atoms with Gasteiger partial charge in [-0.25, -0.2) is 4.79 Å². The average molecular weight is 494 g/mol. The molecule has 0 saturated carbocycles. The molecule has 0 aromatic carbocycles. The third-order valence-corrected chi connectivity index (χ3v) is 6.72. The van der Waals surface area contributed by atoms with Crippen LogP contribution in [0.5, 0.6) is 0 Å². The standard InChI is InChI=1S/C28H51N3O4/c1-4-5-6-7-8-9-10-11-12-13-14-15-16-17-20-33-25-21-24(22-34-23(2)3)35-27(25)31-19-18-26(29)30-28(31)32/h18-19,23-25,27H,4-17,20-22H2,1-3H3,(H2,29,30,32)/t24-,25?,27+/m0/s1. The highest BCUT2D eigenvalue weighted by Gasteiger charge is 2.38. The zero-order valence-electron chi connectivity index (χ0n) is 22.6. The Bertz CT molecular complexity index is 724. The van der Waals surface area contributed by atoms with Gasteiger partial charge in [-0.05, 0) is 26.3 Å². The van der Waals surface area contributed by atoms with Crippen LogP contribution in [-0.4, -0.2) is 41.1 Å². The van der Waals surface area contributed by atoms with Crippen molar-refractivity contribution in [2.75, 3.05) is 18.9 Å². The molecule has 35 heavy (non-hydrogen) atoms. The van der Waals surface area contributed by atoms with E-state index < -0.39 is 11.9 Å². The molecule has 0 spiro atoms. The van der Waals surface area contributed by atoms with Gasteiger partial charge in [-0.2, -0.15) is 4.98 Å². The summed E-state index contributed by atoms with van der Waals surface area (Å²) in [7, 11) is 0. The fraction of sp³-hybridized carbons (Fsp3) is 0.857. The first-order chi connectivity index (χ1) is 17.0. The van der Waals surface area contributed by atoms with E-state index in [2.05, 4.69) is 11.9 Å². The number of nitrogens with zero attached hydrogens (tertiary/aromatic N) is 2. The lowest BCUT2D eigenvalue weighted by atomic mass is 10.0. The van der Waals surface area contributed by atoms with Gasteiger partial charge in [0, 0.05) is 19.2 Å². The van der Waals surface area contributed by atoms with Crippen LogP contribution in [-0.2, 0) is 14.2 Å². The van der Waals surface area contributed by atoms with E-state index in [-0.39, 0.29) is 24.1 Å². The molecule has 1 aromatic heterocycles. The van der Waals surface area contributed by atoms with Crippen LogP contribution in [0.4, 0.5) is 5.82 Å². The summed E-state index contributed by atoms with van der Waals surface area (Å²) in [6, 6.07) is 1.62. The quantitative estimate of drug-likeness (QED) is 0.211. The van der Waals surface area contributed by atoms with Crippen LogP contribution < -0.4 is 11.4 Å². The zero-order chi connectivity index (χ0) is 25.3. The Balaban J connectivity index is 1.60. The third kappa shape index (κ3) is 12.4. The first-order valence-corrected chi connectivity index (χ1v) is 14.2. The van der Waals surface area contributed by atoms with E-state index in [1.807, 2.05) is 13.8 Å². The molecule has 1 saturated heterocycles. The van der Waals surface area contributed by atoms with Crippen molar-refractivity contribution < 1.29 is 14.2 Å². The number of hydrogen-bond donors (Lipinski definition) is 1. The minimum Gasteiger partial charge on any atom is -0.383 e. The number of nitrogen functional groups attached to an aromatic ring is 1. The number of ether oxygens (including phenoxy) is 3. The fourth-order valence-corrected chi connectivity index (χ4v) is 4.67. The normalized spacial score (nSPS) is 20.2. The Morgan fingerprint density at radius 3 is 2.11 bits per heavy atom. The van der Waals surface area contributed by atoms with Gasteiger partial charge in [0.15, 0.2) is 6.23 Å². The summed E-state index contributed by atoms with van der Waals surface area (Å²) in [5, 5.41) is 0. The molecule has 2 heterocycles. The highest BCUT2D eigenvalue weighted by atomic mass is 16.6. The highest BCUT2D eigenvalue weighted by molar-refractivity contribution is 5.23. The topological polar surface area (TPSA) is 88.6 Å². The summed E-state index contributed by atoms with van der Waals surface area (Å²) in [5.74, 6) is 0.212. The largest absolute Gasteiger partial charge is 0.383 e. The minimum absolute atomic E-state index is 0.104. The number of nitrogens with two attached hydrogens (primary N) is 1. The second-order valence-corrected chi connectivity index (χ2v) is 10.3. The lowest BCUT2D eigenvalue weighted by molar-refractivity contribution is -0.0846. The Labute approximate surface area is 213 Å². The summed E-state index contributed by atoms with van der Waals surface area (Å²) in [4.78, 5) is 16.2. The smallest absolute Gasteiger partial charge is 0.351 e. The van der Waals surface area contributed by atoms with Gasteiger partial charge in [-0.15, -0.1) is 0 Å². The monoisotopic (exact) mass is 493 g/mol. The van der Waals surface area contributed by atoms with E-state index in [9.17, 15) is 4.79 Å². The molecule has 3 atom stereocenters. The lowest BCUT2D eigenvalue weighted by Gasteiger charge is -2.21. The van der Waals surface area contributed by atoms with Crippen molar-refractivity contribution in [2.24, 2.45) is 0 Å². The van der Waals surface area contributed by atoms with Crippen LogP contribution in [0.3, 0.4) is 0 Å². The van der Waals surface area contributed by atoms with E-state index >= 15 is 0 Å². The van der Waals surface area contributed by atoms with Gasteiger partial charge in [0.2, 0.25) is 0 Å². The zero-order valence-corrected chi connectivity index (χ0v) is 22.6. The Morgan fingerprint density at radius 2 is 1.57 bits per heavy atom. The van der Waals surface area contributed by atoms with Crippen LogP contribution in [0.2, 0.25) is 0 Å². The maximum Gasteiger partial charge on any atom is 0.351 e. The van der Waals surface area contributed by atoms with Gasteiger partial charge in [0.1, 0.15) is 11.9 Å². The van der Waals surface area contributed by atoms with Crippen molar-refractivity contribution in [3.8, 4) is 0 Å². The number of rotatable bonds is 20. The van der Waals surface area contributed by atoms with Gasteiger partial charge in [0.25, 0.3) is 0 Å². The molecule has 202 valence electrons. The van der Waals surface area contributed by atoms with Crippen LogP contribution in [0.15, 0.2) is 17.1 Å². The van der Waals surface area contributed by atoms with Crippen molar-refractivity contribution in [2.45, 2.75) is 142 Å². The van der Waals surface area contributed by atoms with Gasteiger partial charge in [-0.1, -0.05) is 90.4 Å². The predicted molar refractivity (Wildman–Crippen MR) is 143 cm³/mol. The van der Waals surface area contributed by atoms with Crippen molar-refractivity contribution in [3.05, 3.63) is 22.7 Å². The average Bonchev–Trinajstić information content (AvgIpc) is 3.23. The Hall–Kier alpha value is -1.44. The predicted octanol–water partition coefficient (Wildman–Crippen LogP) is 6.40. The third-order valence-electron chi connectivity index (χ3n) is 6.72. The molecular weight excluding hydrogens is 442 g/mol. The van der Waals surface area contributed by atoms with E-state index in [1.54, 1.807) is 12.3 Å². The summed E-state index contributed by atoms with van der Waals surface area (Å²) < 4.78 is 19.6. The Morgan fingerprint density at radius 1 is 1.00 bits per heavy atom. The maximum absolute atomic E-state index is 12.4. The molecule has 0 radical (unpaired) electrons. The van der Waals surface area contributed by atoms with Gasteiger partial charge >= 0.3 is 5.69 Å². The van der Waals surface area contributed by atoms with Crippen LogP contribution in [0.1, 0.15) is 123 Å². The molecule has 7 nitrogen and oxygen atoms in total. The number of unbranched alkanes of at least 4 members (excludes halogenated alkanes) is 13. The van der Waals surface area contributed by atoms with Crippen molar-refractivity contribution in [1.29, 1.82) is 0 Å². The minimum atomic E-state index is -0.497. The molecular formula is C28H51N3O4. The highest BCUT2D eigenvalue weighted by Crippen LogP contribution is 2.31. The lowest BCUT2D eigenvalue weighted by Crippen LogP contribution is -2.33. The summed E-state index contributed by atoms with van der Waals surface area (Å²) in [6.45, 7) is 7.45. The van der Waals surface area contributed by atoms with Crippen molar-refractivity contribution in [3.63, 3.8) is 0 Å². The fourth-order valence-electron chi connectivity index (χ4n) is 4.67. The number of aromatic nitrogens is 2. The summed E-state index contributed by atoms with van der Waals surface area (Å²) in [6.07, 6.45) is 20.4. The van der Waals surface area contributed by atoms with Crippen LogP contribution in [0.25, 0.3) is 0 Å². The molecule has 0 bridgehead atoms. The second-order valence-electron chi connectivity index (χ2n) is 10.3. The van der Waals surface area contributed by atoms with Crippen molar-refractivity contribution in [1.82, 2.24) is 9.55 Å². The van der Waals surface area contributed by atoms with Crippen LogP contribution in [0, 0.1) is 0 Å². The SMILES string of the molecule is CCCCCCCCCCCCCCCCOC1C[C@@H](COC(C)C)O[C@H]1n1ccc(N)nc1=O. The van der Waals surface area contributed by atoms with Gasteiger partial charge in [0.05, 0.1) is 18.8 Å².